The van der Waals surface area contributed by atoms with Gasteiger partial charge in [0.1, 0.15) is 0 Å². The van der Waals surface area contributed by atoms with Crippen molar-refractivity contribution in [2.75, 3.05) is 19.6 Å². The first-order chi connectivity index (χ1) is 5.74. The standard InChI is InChI=1S/C9H19FN2/c1-7(10)4-8-2-3-12-6-9(8)5-11/h7-9,12H,2-6,11H2,1H3. The van der Waals surface area contributed by atoms with Gasteiger partial charge in [-0.15, -0.1) is 0 Å². The third-order valence-corrected chi connectivity index (χ3v) is 2.70. The Hall–Kier alpha value is -0.150. The Kier molecular flexibility index (Phi) is 3.95. The van der Waals surface area contributed by atoms with Crippen LogP contribution >= 0.6 is 0 Å². The van der Waals surface area contributed by atoms with Crippen molar-refractivity contribution in [3.05, 3.63) is 0 Å². The fourth-order valence-corrected chi connectivity index (χ4v) is 1.98. The molecule has 2 nitrogen and oxygen atoms in total. The average molecular weight is 174 g/mol. The number of alkyl halides is 1. The summed E-state index contributed by atoms with van der Waals surface area (Å²) in [6, 6.07) is 0. The molecule has 3 heteroatoms. The highest BCUT2D eigenvalue weighted by atomic mass is 19.1. The number of halogens is 1. The molecule has 1 saturated heterocycles. The van der Waals surface area contributed by atoms with Gasteiger partial charge < -0.3 is 11.1 Å². The molecule has 0 aliphatic carbocycles. The maximum Gasteiger partial charge on any atom is 0.0976 e. The second kappa shape index (κ2) is 4.77. The van der Waals surface area contributed by atoms with Crippen LogP contribution in [0.5, 0.6) is 0 Å². The number of hydrogen-bond acceptors (Lipinski definition) is 2. The number of hydrogen-bond donors (Lipinski definition) is 2. The zero-order valence-electron chi connectivity index (χ0n) is 7.72. The molecule has 72 valence electrons. The van der Waals surface area contributed by atoms with Crippen LogP contribution in [0.15, 0.2) is 0 Å². The molecule has 0 spiro atoms. The third kappa shape index (κ3) is 2.72. The lowest BCUT2D eigenvalue weighted by atomic mass is 9.83. The molecule has 1 heterocycles. The van der Waals surface area contributed by atoms with E-state index in [-0.39, 0.29) is 0 Å². The maximum absolute atomic E-state index is 12.7. The highest BCUT2D eigenvalue weighted by molar-refractivity contribution is 4.79. The fraction of sp³-hybridized carbons (Fsp3) is 1.00. The molecule has 0 aromatic rings. The van der Waals surface area contributed by atoms with Gasteiger partial charge in [-0.05, 0) is 51.2 Å². The van der Waals surface area contributed by atoms with E-state index in [1.54, 1.807) is 6.92 Å². The van der Waals surface area contributed by atoms with E-state index in [0.29, 0.717) is 24.8 Å². The van der Waals surface area contributed by atoms with Gasteiger partial charge in [0.2, 0.25) is 0 Å². The number of nitrogens with two attached hydrogens (primary N) is 1. The second-order valence-electron chi connectivity index (χ2n) is 3.77. The van der Waals surface area contributed by atoms with Crippen molar-refractivity contribution in [2.45, 2.75) is 25.9 Å². The monoisotopic (exact) mass is 174 g/mol. The second-order valence-corrected chi connectivity index (χ2v) is 3.77. The lowest BCUT2D eigenvalue weighted by Crippen LogP contribution is -2.41. The van der Waals surface area contributed by atoms with Crippen LogP contribution in [-0.4, -0.2) is 25.8 Å². The zero-order valence-corrected chi connectivity index (χ0v) is 7.72. The van der Waals surface area contributed by atoms with Gasteiger partial charge in [0, 0.05) is 0 Å². The van der Waals surface area contributed by atoms with E-state index in [1.807, 2.05) is 0 Å². The summed E-state index contributed by atoms with van der Waals surface area (Å²) in [4.78, 5) is 0. The van der Waals surface area contributed by atoms with Gasteiger partial charge in [-0.25, -0.2) is 4.39 Å². The minimum atomic E-state index is -0.679. The van der Waals surface area contributed by atoms with Crippen molar-refractivity contribution in [3.63, 3.8) is 0 Å². The van der Waals surface area contributed by atoms with E-state index in [4.69, 9.17) is 5.73 Å². The molecule has 0 aromatic carbocycles. The molecule has 0 radical (unpaired) electrons. The van der Waals surface area contributed by atoms with E-state index in [0.717, 1.165) is 19.5 Å². The van der Waals surface area contributed by atoms with E-state index >= 15 is 0 Å². The molecule has 1 aliphatic rings. The summed E-state index contributed by atoms with van der Waals surface area (Å²) in [5.74, 6) is 0.980. The first-order valence-electron chi connectivity index (χ1n) is 4.79. The molecule has 0 saturated carbocycles. The Labute approximate surface area is 73.7 Å². The van der Waals surface area contributed by atoms with E-state index < -0.39 is 6.17 Å². The lowest BCUT2D eigenvalue weighted by Gasteiger charge is -2.31. The summed E-state index contributed by atoms with van der Waals surface area (Å²) in [6.45, 7) is 4.31. The zero-order chi connectivity index (χ0) is 8.97. The van der Waals surface area contributed by atoms with Crippen LogP contribution in [0.4, 0.5) is 4.39 Å². The smallest absolute Gasteiger partial charge is 0.0976 e. The Morgan fingerprint density at radius 1 is 1.58 bits per heavy atom. The molecule has 12 heavy (non-hydrogen) atoms. The Morgan fingerprint density at radius 3 is 2.92 bits per heavy atom. The van der Waals surface area contributed by atoms with Gasteiger partial charge >= 0.3 is 0 Å². The Balaban J connectivity index is 2.36. The van der Waals surface area contributed by atoms with Crippen LogP contribution in [-0.2, 0) is 0 Å². The molecule has 3 unspecified atom stereocenters. The summed E-state index contributed by atoms with van der Waals surface area (Å²) >= 11 is 0. The van der Waals surface area contributed by atoms with Crippen molar-refractivity contribution in [1.29, 1.82) is 0 Å². The van der Waals surface area contributed by atoms with Crippen LogP contribution in [0, 0.1) is 11.8 Å². The average Bonchev–Trinajstić information content (AvgIpc) is 2.04. The van der Waals surface area contributed by atoms with Gasteiger partial charge in [0.15, 0.2) is 0 Å². The summed E-state index contributed by atoms with van der Waals surface area (Å²) in [6.07, 6.45) is 1.08. The van der Waals surface area contributed by atoms with Gasteiger partial charge in [-0.2, -0.15) is 0 Å². The molecule has 1 rings (SSSR count). The number of rotatable bonds is 3. The van der Waals surface area contributed by atoms with Crippen molar-refractivity contribution < 1.29 is 4.39 Å². The maximum atomic E-state index is 12.7. The minimum Gasteiger partial charge on any atom is -0.330 e. The summed E-state index contributed by atoms with van der Waals surface area (Å²) in [7, 11) is 0. The van der Waals surface area contributed by atoms with Crippen LogP contribution < -0.4 is 11.1 Å². The van der Waals surface area contributed by atoms with Crippen molar-refractivity contribution in [1.82, 2.24) is 5.32 Å². The van der Waals surface area contributed by atoms with Crippen LogP contribution in [0.25, 0.3) is 0 Å². The molecule has 3 atom stereocenters. The molecular formula is C9H19FN2. The third-order valence-electron chi connectivity index (χ3n) is 2.70. The van der Waals surface area contributed by atoms with Gasteiger partial charge in [-0.3, -0.25) is 0 Å². The number of piperidine rings is 1. The highest BCUT2D eigenvalue weighted by Gasteiger charge is 2.24. The first-order valence-corrected chi connectivity index (χ1v) is 4.79. The predicted molar refractivity (Wildman–Crippen MR) is 48.7 cm³/mol. The highest BCUT2D eigenvalue weighted by Crippen LogP contribution is 2.24. The van der Waals surface area contributed by atoms with Crippen LogP contribution in [0.3, 0.4) is 0 Å². The Bertz CT molecular complexity index is 128. The van der Waals surface area contributed by atoms with Gasteiger partial charge in [-0.1, -0.05) is 0 Å². The van der Waals surface area contributed by atoms with Gasteiger partial charge in [0.05, 0.1) is 6.17 Å². The topological polar surface area (TPSA) is 38.0 Å². The molecule has 0 aromatic heterocycles. The SMILES string of the molecule is CC(F)CC1CCNCC1CN. The van der Waals surface area contributed by atoms with E-state index in [2.05, 4.69) is 5.32 Å². The molecule has 1 fully saturated rings. The van der Waals surface area contributed by atoms with Crippen LogP contribution in [0.2, 0.25) is 0 Å². The van der Waals surface area contributed by atoms with Crippen molar-refractivity contribution >= 4 is 0 Å². The largest absolute Gasteiger partial charge is 0.330 e. The lowest BCUT2D eigenvalue weighted by molar-refractivity contribution is 0.193. The summed E-state index contributed by atoms with van der Waals surface area (Å²) < 4.78 is 12.7. The fourth-order valence-electron chi connectivity index (χ4n) is 1.98. The molecule has 3 N–H and O–H groups in total. The summed E-state index contributed by atoms with van der Waals surface area (Å²) in [5.41, 5.74) is 5.61. The van der Waals surface area contributed by atoms with Crippen molar-refractivity contribution in [3.8, 4) is 0 Å². The van der Waals surface area contributed by atoms with Crippen LogP contribution in [0.1, 0.15) is 19.8 Å². The molecule has 0 bridgehead atoms. The molecule has 1 aliphatic heterocycles. The quantitative estimate of drug-likeness (QED) is 0.667. The molecule has 0 amide bonds. The normalized spacial score (nSPS) is 33.2. The van der Waals surface area contributed by atoms with E-state index in [9.17, 15) is 4.39 Å². The van der Waals surface area contributed by atoms with Crippen molar-refractivity contribution in [2.24, 2.45) is 17.6 Å². The number of nitrogens with one attached hydrogen (secondary N) is 1. The minimum absolute atomic E-state index is 0.483. The first kappa shape index (κ1) is 9.93. The van der Waals surface area contributed by atoms with Gasteiger partial charge in [0.25, 0.3) is 0 Å². The predicted octanol–water partition coefficient (Wildman–Crippen LogP) is 0.919. The van der Waals surface area contributed by atoms with E-state index in [1.165, 1.54) is 0 Å². The summed E-state index contributed by atoms with van der Waals surface area (Å²) in [5, 5.41) is 3.29. The molecular weight excluding hydrogens is 155 g/mol. The Morgan fingerprint density at radius 2 is 2.33 bits per heavy atom.